The Morgan fingerprint density at radius 1 is 1.09 bits per heavy atom. The van der Waals surface area contributed by atoms with Gasteiger partial charge in [-0.25, -0.2) is 18.6 Å². The van der Waals surface area contributed by atoms with Crippen molar-refractivity contribution in [3.63, 3.8) is 0 Å². The monoisotopic (exact) mass is 679 g/mol. The zero-order valence-electron chi connectivity index (χ0n) is 24.4. The molecule has 2 heterocycles. The van der Waals surface area contributed by atoms with Crippen molar-refractivity contribution in [3.8, 4) is 0 Å². The van der Waals surface area contributed by atoms with Gasteiger partial charge in [0.15, 0.2) is 12.4 Å². The topological polar surface area (TPSA) is 170 Å². The molecule has 2 N–H and O–H groups in total. The lowest BCUT2D eigenvalue weighted by Gasteiger charge is -2.49. The molecule has 2 aromatic carbocycles. The second-order valence-electron chi connectivity index (χ2n) is 10.9. The van der Waals surface area contributed by atoms with E-state index in [4.69, 9.17) is 37.3 Å². The Morgan fingerprint density at radius 3 is 2.58 bits per heavy atom. The SMILES string of the molecule is CC(=O)OCc1nc(CONC(=O)[C@@H]2c3ccccc3C(=O)N([C@H]3CCCC[C@@H]3NS(C)(=O)=O)[C@H]2c2ccc(Cl)cc2Cl)no1. The van der Waals surface area contributed by atoms with Crippen LogP contribution in [0.3, 0.4) is 0 Å². The van der Waals surface area contributed by atoms with Crippen molar-refractivity contribution in [1.29, 1.82) is 0 Å². The van der Waals surface area contributed by atoms with Gasteiger partial charge in [0.05, 0.1) is 18.2 Å². The largest absolute Gasteiger partial charge is 0.456 e. The third-order valence-electron chi connectivity index (χ3n) is 7.68. The van der Waals surface area contributed by atoms with Gasteiger partial charge in [-0.05, 0) is 42.2 Å². The van der Waals surface area contributed by atoms with E-state index in [2.05, 4.69) is 20.3 Å². The van der Waals surface area contributed by atoms with E-state index in [1.165, 1.54) is 13.0 Å². The van der Waals surface area contributed by atoms with Crippen molar-refractivity contribution in [2.45, 2.75) is 69.9 Å². The number of nitrogens with zero attached hydrogens (tertiary/aromatic N) is 3. The molecular weight excluding hydrogens is 649 g/mol. The summed E-state index contributed by atoms with van der Waals surface area (Å²) in [6.45, 7) is 0.758. The molecule has 2 aliphatic rings. The summed E-state index contributed by atoms with van der Waals surface area (Å²) >= 11 is 13.0. The van der Waals surface area contributed by atoms with E-state index in [-0.39, 0.29) is 35.9 Å². The Bertz CT molecular complexity index is 1700. The molecule has 240 valence electrons. The van der Waals surface area contributed by atoms with Crippen LogP contribution in [0.15, 0.2) is 47.0 Å². The van der Waals surface area contributed by atoms with E-state index in [0.717, 1.165) is 19.1 Å². The first kappa shape index (κ1) is 32.8. The quantitative estimate of drug-likeness (QED) is 0.237. The Kier molecular flexibility index (Phi) is 10.1. The fraction of sp³-hybridized carbons (Fsp3) is 0.414. The highest BCUT2D eigenvalue weighted by atomic mass is 35.5. The van der Waals surface area contributed by atoms with Gasteiger partial charge in [0.25, 0.3) is 17.7 Å². The van der Waals surface area contributed by atoms with Crippen LogP contribution in [-0.4, -0.2) is 59.6 Å². The van der Waals surface area contributed by atoms with Gasteiger partial charge in [0.1, 0.15) is 6.61 Å². The molecule has 0 spiro atoms. The van der Waals surface area contributed by atoms with Crippen LogP contribution < -0.4 is 10.2 Å². The number of amides is 2. The Hall–Kier alpha value is -3.56. The summed E-state index contributed by atoms with van der Waals surface area (Å²) in [6.07, 6.45) is 3.61. The number of sulfonamides is 1. The molecule has 5 rings (SSSR count). The number of nitrogens with one attached hydrogen (secondary N) is 2. The maximum Gasteiger partial charge on any atom is 0.303 e. The lowest BCUT2D eigenvalue weighted by molar-refractivity contribution is -0.143. The number of aromatic nitrogens is 2. The normalized spacial score (nSPS) is 21.7. The number of esters is 1. The Labute approximate surface area is 269 Å². The number of ether oxygens (including phenoxy) is 1. The maximum absolute atomic E-state index is 14.3. The van der Waals surface area contributed by atoms with Gasteiger partial charge >= 0.3 is 5.97 Å². The molecule has 2 amide bonds. The standard InChI is InChI=1S/C29H31Cl2N5O8S/c1-16(37)42-15-25-32-24(33-44-25)14-43-34-28(38)26-18-7-3-4-8-19(18)29(39)36(27(26)20-12-11-17(30)13-21(20)31)23-10-6-5-9-22(23)35-45(2,40)41/h3-4,7-8,11-13,22-23,26-27,35H,5-6,9-10,14-15H2,1-2H3,(H,34,38)/t22-,23-,26+,27-/m0/s1. The molecule has 45 heavy (non-hydrogen) atoms. The van der Waals surface area contributed by atoms with Gasteiger partial charge in [-0.1, -0.05) is 65.5 Å². The highest BCUT2D eigenvalue weighted by Gasteiger charge is 2.49. The minimum atomic E-state index is -3.62. The van der Waals surface area contributed by atoms with Gasteiger partial charge in [-0.3, -0.25) is 19.2 Å². The van der Waals surface area contributed by atoms with Crippen molar-refractivity contribution in [2.75, 3.05) is 6.26 Å². The second kappa shape index (κ2) is 13.8. The predicted octanol–water partition coefficient (Wildman–Crippen LogP) is 3.83. The molecule has 0 radical (unpaired) electrons. The Morgan fingerprint density at radius 2 is 1.84 bits per heavy atom. The first-order valence-corrected chi connectivity index (χ1v) is 16.8. The van der Waals surface area contributed by atoms with Crippen LogP contribution in [-0.2, 0) is 42.4 Å². The van der Waals surface area contributed by atoms with Gasteiger partial charge in [0, 0.05) is 34.6 Å². The summed E-state index contributed by atoms with van der Waals surface area (Å²) < 4.78 is 37.3. The molecule has 3 aromatic rings. The Balaban J connectivity index is 1.51. The van der Waals surface area contributed by atoms with Gasteiger partial charge < -0.3 is 14.2 Å². The summed E-state index contributed by atoms with van der Waals surface area (Å²) in [5.74, 6) is -2.35. The first-order valence-electron chi connectivity index (χ1n) is 14.1. The van der Waals surface area contributed by atoms with E-state index in [0.29, 0.717) is 34.6 Å². The van der Waals surface area contributed by atoms with E-state index >= 15 is 0 Å². The number of benzene rings is 2. The van der Waals surface area contributed by atoms with E-state index in [1.54, 1.807) is 41.3 Å². The molecule has 0 saturated heterocycles. The van der Waals surface area contributed by atoms with Crippen LogP contribution in [0.5, 0.6) is 0 Å². The highest BCUT2D eigenvalue weighted by Crippen LogP contribution is 2.47. The van der Waals surface area contributed by atoms with Crippen molar-refractivity contribution < 1.29 is 36.9 Å². The number of hydrogen-bond acceptors (Lipinski definition) is 10. The molecule has 1 aliphatic carbocycles. The number of carbonyl (C=O) groups excluding carboxylic acids is 3. The lowest BCUT2D eigenvalue weighted by Crippen LogP contribution is -2.59. The minimum Gasteiger partial charge on any atom is -0.456 e. The molecule has 4 atom stereocenters. The number of carbonyl (C=O) groups is 3. The number of fused-ring (bicyclic) bond motifs is 1. The summed E-state index contributed by atoms with van der Waals surface area (Å²) in [6, 6.07) is 9.45. The van der Waals surface area contributed by atoms with Crippen molar-refractivity contribution in [3.05, 3.63) is 80.9 Å². The molecule has 1 aliphatic heterocycles. The fourth-order valence-corrected chi connectivity index (χ4v) is 7.28. The van der Waals surface area contributed by atoms with E-state index in [9.17, 15) is 22.8 Å². The van der Waals surface area contributed by atoms with Gasteiger partial charge in [0.2, 0.25) is 10.0 Å². The number of hydrogen-bond donors (Lipinski definition) is 2. The van der Waals surface area contributed by atoms with Crippen LogP contribution in [0.2, 0.25) is 10.0 Å². The number of halogens is 2. The van der Waals surface area contributed by atoms with Crippen molar-refractivity contribution in [2.24, 2.45) is 0 Å². The molecule has 1 fully saturated rings. The minimum absolute atomic E-state index is 0.0488. The summed E-state index contributed by atoms with van der Waals surface area (Å²) in [5, 5.41) is 4.35. The molecule has 1 saturated carbocycles. The molecule has 16 heteroatoms. The zero-order valence-corrected chi connectivity index (χ0v) is 26.7. The van der Waals surface area contributed by atoms with Crippen LogP contribution in [0.1, 0.15) is 77.8 Å². The van der Waals surface area contributed by atoms with Gasteiger partial charge in [-0.2, -0.15) is 4.98 Å². The first-order chi connectivity index (χ1) is 21.4. The molecular formula is C29H31Cl2N5O8S. The van der Waals surface area contributed by atoms with Crippen LogP contribution in [0.4, 0.5) is 0 Å². The van der Waals surface area contributed by atoms with Crippen molar-refractivity contribution in [1.82, 2.24) is 25.2 Å². The van der Waals surface area contributed by atoms with Crippen LogP contribution in [0.25, 0.3) is 0 Å². The molecule has 13 nitrogen and oxygen atoms in total. The third kappa shape index (κ3) is 7.64. The maximum atomic E-state index is 14.3. The number of rotatable bonds is 10. The summed E-state index contributed by atoms with van der Waals surface area (Å²) in [5.41, 5.74) is 3.66. The van der Waals surface area contributed by atoms with E-state index in [1.807, 2.05) is 0 Å². The summed E-state index contributed by atoms with van der Waals surface area (Å²) in [7, 11) is -3.62. The third-order valence-corrected chi connectivity index (χ3v) is 8.97. The smallest absolute Gasteiger partial charge is 0.303 e. The van der Waals surface area contributed by atoms with Crippen LogP contribution in [0, 0.1) is 0 Å². The second-order valence-corrected chi connectivity index (χ2v) is 13.5. The molecule has 0 unspecified atom stereocenters. The molecule has 0 bridgehead atoms. The average Bonchev–Trinajstić information content (AvgIpc) is 3.43. The van der Waals surface area contributed by atoms with E-state index < -0.39 is 45.9 Å². The average molecular weight is 681 g/mol. The zero-order chi connectivity index (χ0) is 32.3. The lowest BCUT2D eigenvalue weighted by atomic mass is 9.76. The number of hydroxylamine groups is 1. The highest BCUT2D eigenvalue weighted by molar-refractivity contribution is 7.88. The molecule has 1 aromatic heterocycles. The van der Waals surface area contributed by atoms with Gasteiger partial charge in [-0.15, -0.1) is 0 Å². The predicted molar refractivity (Wildman–Crippen MR) is 161 cm³/mol. The fourth-order valence-electron chi connectivity index (χ4n) is 5.93. The van der Waals surface area contributed by atoms with Crippen molar-refractivity contribution >= 4 is 51.0 Å². The van der Waals surface area contributed by atoms with Crippen LogP contribution >= 0.6 is 23.2 Å². The summed E-state index contributed by atoms with van der Waals surface area (Å²) in [4.78, 5) is 50.5.